The van der Waals surface area contributed by atoms with Gasteiger partial charge in [-0.3, -0.25) is 4.79 Å². The van der Waals surface area contributed by atoms with Gasteiger partial charge >= 0.3 is 5.69 Å². The average Bonchev–Trinajstić information content (AvgIpc) is 3.27. The fourth-order valence-corrected chi connectivity index (χ4v) is 4.05. The van der Waals surface area contributed by atoms with Gasteiger partial charge in [0.25, 0.3) is 5.91 Å². The van der Waals surface area contributed by atoms with Crippen molar-refractivity contribution in [3.05, 3.63) is 82.7 Å². The second kappa shape index (κ2) is 6.86. The molecule has 2 aromatic heterocycles. The Morgan fingerprint density at radius 1 is 0.964 bits per heavy atom. The lowest BCUT2D eigenvalue weighted by molar-refractivity contribution is 0.0995. The monoisotopic (exact) mass is 397 g/mol. The van der Waals surface area contributed by atoms with Crippen LogP contribution in [-0.4, -0.2) is 24.3 Å². The lowest BCUT2D eigenvalue weighted by atomic mass is 10.2. The van der Waals surface area contributed by atoms with Crippen LogP contribution < -0.4 is 11.0 Å². The van der Waals surface area contributed by atoms with Gasteiger partial charge in [0.1, 0.15) is 11.5 Å². The molecule has 1 amide bonds. The molecule has 4 rings (SSSR count). The Morgan fingerprint density at radius 3 is 2.50 bits per heavy atom. The number of H-pyrrole nitrogens is 2. The number of nitrogens with one attached hydrogen (secondary N) is 3. The van der Waals surface area contributed by atoms with Crippen molar-refractivity contribution in [2.45, 2.75) is 10.6 Å². The smallest absolute Gasteiger partial charge is 0.323 e. The molecule has 0 unspecified atom stereocenters. The number of anilines is 1. The van der Waals surface area contributed by atoms with Gasteiger partial charge in [-0.1, -0.05) is 18.2 Å². The van der Waals surface area contributed by atoms with Crippen LogP contribution in [0.5, 0.6) is 0 Å². The summed E-state index contributed by atoms with van der Waals surface area (Å²) < 4.78 is 30.2. The van der Waals surface area contributed by atoms with Crippen molar-refractivity contribution in [1.82, 2.24) is 9.97 Å². The molecule has 0 saturated carbocycles. The van der Waals surface area contributed by atoms with Gasteiger partial charge in [-0.2, -0.15) is 0 Å². The third-order valence-corrected chi connectivity index (χ3v) is 5.75. The Kier molecular flexibility index (Phi) is 4.36. The third kappa shape index (κ3) is 3.60. The normalized spacial score (nSPS) is 11.6. The molecule has 2 aromatic carbocycles. The number of benzene rings is 2. The Labute approximate surface area is 159 Å². The summed E-state index contributed by atoms with van der Waals surface area (Å²) in [7, 11) is -3.57. The van der Waals surface area contributed by atoms with E-state index in [9.17, 15) is 18.0 Å². The first kappa shape index (κ1) is 17.8. The molecule has 9 heteroatoms. The highest BCUT2D eigenvalue weighted by atomic mass is 32.2. The summed E-state index contributed by atoms with van der Waals surface area (Å²) in [5, 5.41) is 2.65. The number of carbonyl (C=O) groups is 1. The maximum atomic E-state index is 12.4. The summed E-state index contributed by atoms with van der Waals surface area (Å²) in [5.41, 5.74) is 1.29. The van der Waals surface area contributed by atoms with Crippen LogP contribution in [0.2, 0.25) is 0 Å². The second-order valence-corrected chi connectivity index (χ2v) is 8.12. The standard InChI is InChI=1S/C19H15N3O5S/c23-18(20-12-6-8-15-16(10-12)22-19(24)21-15)17-9-7-13(27-17)11-28(25,26)14-4-2-1-3-5-14/h1-10H,11H2,(H,20,23)(H2,21,22,24). The molecule has 2 heterocycles. The molecule has 0 atom stereocenters. The fourth-order valence-electron chi connectivity index (χ4n) is 2.78. The lowest BCUT2D eigenvalue weighted by Crippen LogP contribution is -2.11. The molecule has 0 spiro atoms. The average molecular weight is 397 g/mol. The van der Waals surface area contributed by atoms with Crippen LogP contribution in [0, 0.1) is 0 Å². The number of hydrogen-bond acceptors (Lipinski definition) is 5. The minimum absolute atomic E-state index is 0.0130. The van der Waals surface area contributed by atoms with Gasteiger partial charge < -0.3 is 19.7 Å². The van der Waals surface area contributed by atoms with Crippen LogP contribution in [-0.2, 0) is 15.6 Å². The molecule has 4 aromatic rings. The van der Waals surface area contributed by atoms with Crippen LogP contribution in [0.25, 0.3) is 11.0 Å². The quantitative estimate of drug-likeness (QED) is 0.477. The number of carbonyl (C=O) groups excluding carboxylic acids is 1. The van der Waals surface area contributed by atoms with Gasteiger partial charge in [0.2, 0.25) is 0 Å². The van der Waals surface area contributed by atoms with Gasteiger partial charge in [0.05, 0.1) is 15.9 Å². The maximum absolute atomic E-state index is 12.4. The van der Waals surface area contributed by atoms with Crippen LogP contribution in [0.1, 0.15) is 16.3 Å². The number of aromatic amines is 2. The molecular weight excluding hydrogens is 382 g/mol. The predicted octanol–water partition coefficient (Wildman–Crippen LogP) is 2.68. The van der Waals surface area contributed by atoms with E-state index in [1.54, 1.807) is 36.4 Å². The van der Waals surface area contributed by atoms with Gasteiger partial charge in [-0.05, 0) is 42.5 Å². The first-order valence-corrected chi connectivity index (χ1v) is 9.96. The van der Waals surface area contributed by atoms with E-state index in [1.165, 1.54) is 24.3 Å². The van der Waals surface area contributed by atoms with Gasteiger partial charge in [0.15, 0.2) is 15.6 Å². The Morgan fingerprint density at radius 2 is 1.71 bits per heavy atom. The molecule has 0 fully saturated rings. The van der Waals surface area contributed by atoms with Crippen LogP contribution in [0.4, 0.5) is 5.69 Å². The maximum Gasteiger partial charge on any atom is 0.323 e. The van der Waals surface area contributed by atoms with E-state index in [1.807, 2.05) is 0 Å². The largest absolute Gasteiger partial charge is 0.455 e. The molecule has 28 heavy (non-hydrogen) atoms. The van der Waals surface area contributed by atoms with Crippen molar-refractivity contribution >= 4 is 32.5 Å². The highest BCUT2D eigenvalue weighted by Gasteiger charge is 2.19. The topological polar surface area (TPSA) is 125 Å². The summed E-state index contributed by atoms with van der Waals surface area (Å²) >= 11 is 0. The van der Waals surface area contributed by atoms with Crippen LogP contribution >= 0.6 is 0 Å². The zero-order valence-electron chi connectivity index (χ0n) is 14.4. The molecule has 8 nitrogen and oxygen atoms in total. The van der Waals surface area contributed by atoms with Crippen molar-refractivity contribution in [2.75, 3.05) is 5.32 Å². The zero-order valence-corrected chi connectivity index (χ0v) is 15.2. The summed E-state index contributed by atoms with van der Waals surface area (Å²) in [6.07, 6.45) is 0. The van der Waals surface area contributed by atoms with E-state index in [-0.39, 0.29) is 27.9 Å². The van der Waals surface area contributed by atoms with Gasteiger partial charge in [-0.15, -0.1) is 0 Å². The summed E-state index contributed by atoms with van der Waals surface area (Å²) in [5.74, 6) is -0.721. The van der Waals surface area contributed by atoms with E-state index in [4.69, 9.17) is 4.42 Å². The van der Waals surface area contributed by atoms with Crippen molar-refractivity contribution in [3.63, 3.8) is 0 Å². The van der Waals surface area contributed by atoms with Crippen molar-refractivity contribution < 1.29 is 17.6 Å². The molecular formula is C19H15N3O5S. The predicted molar refractivity (Wildman–Crippen MR) is 103 cm³/mol. The van der Waals surface area contributed by atoms with E-state index in [0.29, 0.717) is 16.7 Å². The van der Waals surface area contributed by atoms with E-state index < -0.39 is 15.7 Å². The van der Waals surface area contributed by atoms with E-state index in [0.717, 1.165) is 0 Å². The fraction of sp³-hybridized carbons (Fsp3) is 0.0526. The van der Waals surface area contributed by atoms with E-state index >= 15 is 0 Å². The number of aromatic nitrogens is 2. The zero-order chi connectivity index (χ0) is 19.7. The highest BCUT2D eigenvalue weighted by molar-refractivity contribution is 7.90. The van der Waals surface area contributed by atoms with Gasteiger partial charge in [0, 0.05) is 5.69 Å². The number of fused-ring (bicyclic) bond motifs is 1. The first-order chi connectivity index (χ1) is 13.4. The van der Waals surface area contributed by atoms with E-state index in [2.05, 4.69) is 15.3 Å². The number of rotatable bonds is 5. The molecule has 0 radical (unpaired) electrons. The molecule has 3 N–H and O–H groups in total. The summed E-state index contributed by atoms with van der Waals surface area (Å²) in [4.78, 5) is 29.1. The summed E-state index contributed by atoms with van der Waals surface area (Å²) in [6, 6.07) is 15.8. The number of sulfone groups is 1. The molecule has 0 bridgehead atoms. The number of amides is 1. The minimum Gasteiger partial charge on any atom is -0.455 e. The molecule has 0 aliphatic rings. The van der Waals surface area contributed by atoms with Crippen molar-refractivity contribution in [3.8, 4) is 0 Å². The third-order valence-electron chi connectivity index (χ3n) is 4.09. The second-order valence-electron chi connectivity index (χ2n) is 6.13. The summed E-state index contributed by atoms with van der Waals surface area (Å²) in [6.45, 7) is 0. The Hall–Kier alpha value is -3.59. The SMILES string of the molecule is O=C(Nc1ccc2[nH]c(=O)[nH]c2c1)c1ccc(CS(=O)(=O)c2ccccc2)o1. The molecule has 0 aliphatic heterocycles. The van der Waals surface area contributed by atoms with Crippen molar-refractivity contribution in [1.29, 1.82) is 0 Å². The Bertz CT molecular complexity index is 1320. The van der Waals surface area contributed by atoms with Crippen molar-refractivity contribution in [2.24, 2.45) is 0 Å². The van der Waals surface area contributed by atoms with Crippen LogP contribution in [0.15, 0.2) is 74.8 Å². The molecule has 142 valence electrons. The minimum atomic E-state index is -3.57. The number of hydrogen-bond donors (Lipinski definition) is 3. The highest BCUT2D eigenvalue weighted by Crippen LogP contribution is 2.20. The van der Waals surface area contributed by atoms with Gasteiger partial charge in [-0.25, -0.2) is 13.2 Å². The molecule has 0 aliphatic carbocycles. The van der Waals surface area contributed by atoms with Crippen LogP contribution in [0.3, 0.4) is 0 Å². The molecule has 0 saturated heterocycles. The Balaban J connectivity index is 1.50. The lowest BCUT2D eigenvalue weighted by Gasteiger charge is -2.04. The number of furan rings is 1. The number of imidazole rings is 1. The first-order valence-electron chi connectivity index (χ1n) is 8.31.